The Morgan fingerprint density at radius 2 is 2.64 bits per heavy atom. The molecule has 0 unspecified atom stereocenters. The highest BCUT2D eigenvalue weighted by atomic mass is 16.5. The van der Waals surface area contributed by atoms with Crippen molar-refractivity contribution in [1.29, 1.82) is 0 Å². The first-order valence-electron chi connectivity index (χ1n) is 3.12. The predicted molar refractivity (Wildman–Crippen MR) is 36.9 cm³/mol. The molecule has 0 spiro atoms. The van der Waals surface area contributed by atoms with Gasteiger partial charge in [-0.1, -0.05) is 5.16 Å². The van der Waals surface area contributed by atoms with Gasteiger partial charge in [0, 0.05) is 0 Å². The van der Waals surface area contributed by atoms with Crippen LogP contribution in [-0.4, -0.2) is 17.7 Å². The van der Waals surface area contributed by atoms with Crippen LogP contribution in [0.25, 0.3) is 0 Å². The molecule has 1 heterocycles. The number of nitrogens with zero attached hydrogens (tertiary/aromatic N) is 1. The van der Waals surface area contributed by atoms with Crippen LogP contribution in [0.2, 0.25) is 0 Å². The van der Waals surface area contributed by atoms with Crippen molar-refractivity contribution >= 4 is 11.8 Å². The fourth-order valence-corrected chi connectivity index (χ4v) is 0.607. The van der Waals surface area contributed by atoms with Crippen molar-refractivity contribution in [1.82, 2.24) is 5.16 Å². The third-order valence-corrected chi connectivity index (χ3v) is 1.09. The minimum Gasteiger partial charge on any atom is -0.462 e. The molecule has 11 heavy (non-hydrogen) atoms. The Labute approximate surface area is 63.1 Å². The van der Waals surface area contributed by atoms with E-state index in [1.165, 1.54) is 0 Å². The van der Waals surface area contributed by atoms with Crippen LogP contribution in [0.15, 0.2) is 10.8 Å². The maximum absolute atomic E-state index is 10.9. The minimum atomic E-state index is -0.508. The Balaban J connectivity index is 2.76. The van der Waals surface area contributed by atoms with Crippen molar-refractivity contribution in [3.8, 4) is 0 Å². The van der Waals surface area contributed by atoms with E-state index >= 15 is 0 Å². The summed E-state index contributed by atoms with van der Waals surface area (Å²) in [7, 11) is 0. The molecule has 0 saturated carbocycles. The molecule has 1 aromatic heterocycles. The van der Waals surface area contributed by atoms with E-state index in [-0.39, 0.29) is 11.4 Å². The van der Waals surface area contributed by atoms with E-state index in [2.05, 4.69) is 14.4 Å². The van der Waals surface area contributed by atoms with Gasteiger partial charge in [0.15, 0.2) is 5.82 Å². The number of carbonyl (C=O) groups excluding carboxylic acids is 1. The van der Waals surface area contributed by atoms with Crippen LogP contribution >= 0.6 is 0 Å². The second-order valence-electron chi connectivity index (χ2n) is 1.83. The molecule has 0 aliphatic carbocycles. The van der Waals surface area contributed by atoms with Crippen molar-refractivity contribution in [2.24, 2.45) is 0 Å². The van der Waals surface area contributed by atoms with E-state index in [4.69, 9.17) is 5.73 Å². The van der Waals surface area contributed by atoms with Gasteiger partial charge in [0.2, 0.25) is 0 Å². The number of rotatable bonds is 2. The summed E-state index contributed by atoms with van der Waals surface area (Å²) in [6.07, 6.45) is 1.16. The molecule has 0 amide bonds. The molecule has 0 fully saturated rings. The summed E-state index contributed by atoms with van der Waals surface area (Å²) in [4.78, 5) is 10.9. The molecule has 0 radical (unpaired) electrons. The van der Waals surface area contributed by atoms with Gasteiger partial charge in [-0.25, -0.2) is 4.79 Å². The molecule has 5 heteroatoms. The van der Waals surface area contributed by atoms with E-state index < -0.39 is 5.97 Å². The lowest BCUT2D eigenvalue weighted by Gasteiger charge is -1.96. The number of nitrogens with two attached hydrogens (primary N) is 1. The van der Waals surface area contributed by atoms with Gasteiger partial charge in [-0.2, -0.15) is 0 Å². The number of hydrogen-bond acceptors (Lipinski definition) is 5. The molecule has 1 aromatic rings. The van der Waals surface area contributed by atoms with E-state index in [1.54, 1.807) is 6.92 Å². The first kappa shape index (κ1) is 7.59. The van der Waals surface area contributed by atoms with Crippen LogP contribution in [0.4, 0.5) is 5.82 Å². The molecule has 0 atom stereocenters. The van der Waals surface area contributed by atoms with Crippen molar-refractivity contribution < 1.29 is 14.1 Å². The van der Waals surface area contributed by atoms with Crippen LogP contribution in [0.3, 0.4) is 0 Å². The largest absolute Gasteiger partial charge is 0.462 e. The topological polar surface area (TPSA) is 78.3 Å². The smallest absolute Gasteiger partial charge is 0.345 e. The Bertz CT molecular complexity index is 256. The summed E-state index contributed by atoms with van der Waals surface area (Å²) < 4.78 is 9.09. The summed E-state index contributed by atoms with van der Waals surface area (Å²) >= 11 is 0. The fraction of sp³-hybridized carbons (Fsp3) is 0.333. The molecule has 5 nitrogen and oxygen atoms in total. The van der Waals surface area contributed by atoms with Gasteiger partial charge in [0.05, 0.1) is 6.61 Å². The van der Waals surface area contributed by atoms with Gasteiger partial charge in [0.1, 0.15) is 11.8 Å². The van der Waals surface area contributed by atoms with Gasteiger partial charge < -0.3 is 15.0 Å². The van der Waals surface area contributed by atoms with Crippen molar-refractivity contribution in [2.75, 3.05) is 12.3 Å². The van der Waals surface area contributed by atoms with Crippen LogP contribution in [0.1, 0.15) is 17.3 Å². The molecule has 0 aliphatic rings. The average molecular weight is 156 g/mol. The normalized spacial score (nSPS) is 9.55. The third-order valence-electron chi connectivity index (χ3n) is 1.09. The second kappa shape index (κ2) is 3.05. The number of hydrogen-bond donors (Lipinski definition) is 1. The highest BCUT2D eigenvalue weighted by Gasteiger charge is 2.13. The summed E-state index contributed by atoms with van der Waals surface area (Å²) in [5.74, 6) is -0.449. The maximum Gasteiger partial charge on any atom is 0.345 e. The Morgan fingerprint density at radius 1 is 1.91 bits per heavy atom. The molecular weight excluding hydrogens is 148 g/mol. The maximum atomic E-state index is 10.9. The summed E-state index contributed by atoms with van der Waals surface area (Å²) in [6, 6.07) is 0. The van der Waals surface area contributed by atoms with Crippen molar-refractivity contribution in [3.63, 3.8) is 0 Å². The lowest BCUT2D eigenvalue weighted by atomic mass is 10.3. The first-order valence-corrected chi connectivity index (χ1v) is 3.12. The number of ether oxygens (including phenoxy) is 1. The lowest BCUT2D eigenvalue weighted by Crippen LogP contribution is -2.05. The van der Waals surface area contributed by atoms with Gasteiger partial charge in [-0.3, -0.25) is 0 Å². The van der Waals surface area contributed by atoms with Crippen LogP contribution in [-0.2, 0) is 4.74 Å². The summed E-state index contributed by atoms with van der Waals surface area (Å²) in [6.45, 7) is 2.02. The van der Waals surface area contributed by atoms with E-state index in [9.17, 15) is 4.79 Å². The highest BCUT2D eigenvalue weighted by Crippen LogP contribution is 2.09. The van der Waals surface area contributed by atoms with E-state index in [1.807, 2.05) is 0 Å². The zero-order valence-electron chi connectivity index (χ0n) is 6.03. The third kappa shape index (κ3) is 1.49. The van der Waals surface area contributed by atoms with Crippen molar-refractivity contribution in [2.45, 2.75) is 6.92 Å². The standard InChI is InChI=1S/C6H8N2O3/c1-2-10-6(9)4-3-11-8-5(4)7/h3H,2H2,1H3,(H2,7,8). The number of anilines is 1. The molecule has 1 rings (SSSR count). The Hall–Kier alpha value is -1.52. The molecular formula is C6H8N2O3. The van der Waals surface area contributed by atoms with Crippen LogP contribution in [0.5, 0.6) is 0 Å². The Morgan fingerprint density at radius 3 is 3.09 bits per heavy atom. The van der Waals surface area contributed by atoms with E-state index in [0.29, 0.717) is 6.61 Å². The van der Waals surface area contributed by atoms with Crippen LogP contribution < -0.4 is 5.73 Å². The van der Waals surface area contributed by atoms with E-state index in [0.717, 1.165) is 6.26 Å². The monoisotopic (exact) mass is 156 g/mol. The summed E-state index contributed by atoms with van der Waals surface area (Å²) in [5.41, 5.74) is 5.44. The molecule has 0 aromatic carbocycles. The zero-order valence-corrected chi connectivity index (χ0v) is 6.03. The lowest BCUT2D eigenvalue weighted by molar-refractivity contribution is 0.0526. The van der Waals surface area contributed by atoms with Gasteiger partial charge >= 0.3 is 5.97 Å². The van der Waals surface area contributed by atoms with Gasteiger partial charge in [-0.05, 0) is 6.92 Å². The zero-order chi connectivity index (χ0) is 8.27. The van der Waals surface area contributed by atoms with Gasteiger partial charge in [0.25, 0.3) is 0 Å². The molecule has 0 bridgehead atoms. The van der Waals surface area contributed by atoms with Crippen molar-refractivity contribution in [3.05, 3.63) is 11.8 Å². The average Bonchev–Trinajstić information content (AvgIpc) is 2.36. The molecule has 60 valence electrons. The first-order chi connectivity index (χ1) is 5.25. The number of esters is 1. The molecule has 2 N–H and O–H groups in total. The molecule has 0 saturated heterocycles. The number of carbonyl (C=O) groups is 1. The Kier molecular flexibility index (Phi) is 2.10. The fourth-order valence-electron chi connectivity index (χ4n) is 0.607. The minimum absolute atomic E-state index is 0.0588. The molecule has 0 aliphatic heterocycles. The van der Waals surface area contributed by atoms with Gasteiger partial charge in [-0.15, -0.1) is 0 Å². The summed E-state index contributed by atoms with van der Waals surface area (Å²) in [5, 5.41) is 3.32. The number of aromatic nitrogens is 1. The SMILES string of the molecule is CCOC(=O)c1conc1N. The predicted octanol–water partition coefficient (Wildman–Crippen LogP) is 0.434. The number of nitrogen functional groups attached to an aromatic ring is 1. The highest BCUT2D eigenvalue weighted by molar-refractivity contribution is 5.93. The van der Waals surface area contributed by atoms with Crippen LogP contribution in [0, 0.1) is 0 Å². The quantitative estimate of drug-likeness (QED) is 0.628. The second-order valence-corrected chi connectivity index (χ2v) is 1.83.